The number of rotatable bonds is 5. The molecule has 0 saturated heterocycles. The van der Waals surface area contributed by atoms with Gasteiger partial charge in [0.25, 0.3) is 0 Å². The van der Waals surface area contributed by atoms with E-state index in [4.69, 9.17) is 23.2 Å². The second kappa shape index (κ2) is 8.26. The number of imidazole rings is 1. The Kier molecular flexibility index (Phi) is 5.83. The molecule has 176 valence electrons. The normalized spacial score (nSPS) is 12.3. The summed E-state index contributed by atoms with van der Waals surface area (Å²) >= 11 is 12.7. The van der Waals surface area contributed by atoms with Crippen LogP contribution in [0.2, 0.25) is 10.0 Å². The maximum Gasteiger partial charge on any atom is 0.354 e. The van der Waals surface area contributed by atoms with Crippen LogP contribution in [0.15, 0.2) is 58.2 Å². The summed E-state index contributed by atoms with van der Waals surface area (Å²) in [7, 11) is -4.02. The van der Waals surface area contributed by atoms with Gasteiger partial charge in [0, 0.05) is 5.02 Å². The van der Waals surface area contributed by atoms with Crippen molar-refractivity contribution >= 4 is 50.2 Å². The number of carboxylic acids is 1. The first-order valence-corrected chi connectivity index (χ1v) is 12.3. The number of carbonyl (C=O) groups is 1. The highest BCUT2D eigenvalue weighted by molar-refractivity contribution is 7.92. The van der Waals surface area contributed by atoms with Gasteiger partial charge in [0.2, 0.25) is 0 Å². The van der Waals surface area contributed by atoms with Crippen LogP contribution in [-0.2, 0) is 14.6 Å². The van der Waals surface area contributed by atoms with Crippen LogP contribution in [0.3, 0.4) is 0 Å². The lowest BCUT2D eigenvalue weighted by Gasteiger charge is -2.27. The number of carboxylic acid groups (broad SMARTS) is 1. The van der Waals surface area contributed by atoms with Crippen LogP contribution in [0.1, 0.15) is 35.5 Å². The summed E-state index contributed by atoms with van der Waals surface area (Å²) in [5, 5.41) is 9.77. The molecule has 2 aromatic heterocycles. The number of fused-ring (bicyclic) bond motifs is 1. The minimum Gasteiger partial charge on any atom is -0.477 e. The fourth-order valence-electron chi connectivity index (χ4n) is 3.78. The molecule has 0 amide bonds. The van der Waals surface area contributed by atoms with Crippen molar-refractivity contribution in [2.24, 2.45) is 0 Å². The Hall–Kier alpha value is -3.14. The average molecular weight is 520 g/mol. The highest BCUT2D eigenvalue weighted by Crippen LogP contribution is 2.39. The molecule has 0 unspecified atom stereocenters. The number of aromatic carboxylic acids is 1. The number of aromatic nitrogens is 3. The van der Waals surface area contributed by atoms with Gasteiger partial charge >= 0.3 is 11.7 Å². The molecule has 11 heteroatoms. The average Bonchev–Trinajstić information content (AvgIpc) is 3.10. The minimum absolute atomic E-state index is 0.0178. The summed E-state index contributed by atoms with van der Waals surface area (Å²) in [6, 6.07) is 12.0. The zero-order chi connectivity index (χ0) is 25.0. The van der Waals surface area contributed by atoms with Crippen molar-refractivity contribution in [3.8, 4) is 5.69 Å². The number of pyridine rings is 1. The fourth-order valence-corrected chi connectivity index (χ4v) is 5.98. The summed E-state index contributed by atoms with van der Waals surface area (Å²) in [5.41, 5.74) is 0.370. The van der Waals surface area contributed by atoms with Crippen LogP contribution in [0.4, 0.5) is 0 Å². The van der Waals surface area contributed by atoms with E-state index in [1.807, 2.05) is 0 Å². The van der Waals surface area contributed by atoms with E-state index in [1.165, 1.54) is 24.3 Å². The third-order valence-corrected chi connectivity index (χ3v) is 8.81. The molecular weight excluding hydrogens is 501 g/mol. The fraction of sp³-hybridized carbons (Fsp3) is 0.174. The van der Waals surface area contributed by atoms with Crippen molar-refractivity contribution in [2.45, 2.75) is 30.4 Å². The molecule has 0 atom stereocenters. The third kappa shape index (κ3) is 3.70. The van der Waals surface area contributed by atoms with Gasteiger partial charge in [0.15, 0.2) is 21.2 Å². The Labute approximate surface area is 204 Å². The molecule has 2 aromatic carbocycles. The molecule has 4 rings (SSSR count). The van der Waals surface area contributed by atoms with Gasteiger partial charge in [-0.15, -0.1) is 0 Å². The molecule has 0 aliphatic heterocycles. The Balaban J connectivity index is 1.97. The Morgan fingerprint density at radius 1 is 1.09 bits per heavy atom. The van der Waals surface area contributed by atoms with Crippen molar-refractivity contribution < 1.29 is 18.3 Å². The molecule has 2 heterocycles. The summed E-state index contributed by atoms with van der Waals surface area (Å²) in [6.45, 7) is 4.71. The first-order chi connectivity index (χ1) is 15.9. The van der Waals surface area contributed by atoms with Crippen molar-refractivity contribution in [1.82, 2.24) is 14.5 Å². The first-order valence-electron chi connectivity index (χ1n) is 10.0. The molecule has 4 aromatic rings. The number of sulfone groups is 1. The highest BCUT2D eigenvalue weighted by Gasteiger charge is 2.39. The second-order valence-corrected chi connectivity index (χ2v) is 11.5. The minimum atomic E-state index is -4.02. The van der Waals surface area contributed by atoms with Crippen LogP contribution in [-0.4, -0.2) is 34.0 Å². The predicted molar refractivity (Wildman–Crippen MR) is 130 cm³/mol. The number of H-pyrrole nitrogens is 1. The summed E-state index contributed by atoms with van der Waals surface area (Å²) in [4.78, 5) is 31.0. The van der Waals surface area contributed by atoms with Crippen LogP contribution >= 0.6 is 23.2 Å². The number of aromatic amines is 1. The molecule has 0 radical (unpaired) electrons. The zero-order valence-electron chi connectivity index (χ0n) is 18.3. The van der Waals surface area contributed by atoms with Crippen molar-refractivity contribution in [2.75, 3.05) is 0 Å². The van der Waals surface area contributed by atoms with E-state index in [9.17, 15) is 23.1 Å². The van der Waals surface area contributed by atoms with Gasteiger partial charge in [-0.25, -0.2) is 27.6 Å². The van der Waals surface area contributed by atoms with E-state index >= 15 is 0 Å². The Morgan fingerprint density at radius 2 is 1.76 bits per heavy atom. The summed E-state index contributed by atoms with van der Waals surface area (Å²) in [6.07, 6.45) is 0. The first kappa shape index (κ1) is 24.0. The smallest absolute Gasteiger partial charge is 0.354 e. The third-order valence-electron chi connectivity index (χ3n) is 5.73. The predicted octanol–water partition coefficient (Wildman–Crippen LogP) is 4.74. The van der Waals surface area contributed by atoms with Crippen LogP contribution in [0.25, 0.3) is 16.9 Å². The van der Waals surface area contributed by atoms with Crippen LogP contribution in [0.5, 0.6) is 0 Å². The van der Waals surface area contributed by atoms with E-state index in [0.29, 0.717) is 21.7 Å². The molecule has 0 aliphatic rings. The molecule has 0 spiro atoms. The van der Waals surface area contributed by atoms with Crippen LogP contribution in [0, 0.1) is 6.92 Å². The maximum absolute atomic E-state index is 13.7. The number of hydrogen-bond donors (Lipinski definition) is 2. The Bertz CT molecular complexity index is 1640. The lowest BCUT2D eigenvalue weighted by Crippen LogP contribution is -2.30. The lowest BCUT2D eigenvalue weighted by atomic mass is 10.0. The number of benzene rings is 2. The monoisotopic (exact) mass is 519 g/mol. The summed E-state index contributed by atoms with van der Waals surface area (Å²) in [5.74, 6) is -1.27. The number of nitrogens with one attached hydrogen (secondary N) is 1. The van der Waals surface area contributed by atoms with E-state index in [2.05, 4.69) is 9.97 Å². The number of nitrogens with zero attached hydrogens (tertiary/aromatic N) is 2. The van der Waals surface area contributed by atoms with Crippen molar-refractivity contribution in [3.05, 3.63) is 85.9 Å². The van der Waals surface area contributed by atoms with Gasteiger partial charge in [0.1, 0.15) is 0 Å². The topological polar surface area (TPSA) is 122 Å². The molecule has 0 bridgehead atoms. The number of halogens is 2. The molecule has 8 nitrogen and oxygen atoms in total. The van der Waals surface area contributed by atoms with Crippen molar-refractivity contribution in [3.63, 3.8) is 0 Å². The van der Waals surface area contributed by atoms with Gasteiger partial charge in [-0.3, -0.25) is 0 Å². The number of hydrogen-bond acceptors (Lipinski definition) is 5. The van der Waals surface area contributed by atoms with Gasteiger partial charge < -0.3 is 10.1 Å². The maximum atomic E-state index is 13.7. The SMILES string of the molecule is Cc1cc(C(=O)O)nc2c1[nH]c(=O)n2-c1cc(S(=O)(=O)C(C)(C)c2ccccc2Cl)ccc1Cl. The number of aryl methyl sites for hydroxylation is 1. The van der Waals surface area contributed by atoms with Gasteiger partial charge in [-0.1, -0.05) is 41.4 Å². The van der Waals surface area contributed by atoms with E-state index in [1.54, 1.807) is 45.0 Å². The highest BCUT2D eigenvalue weighted by atomic mass is 35.5. The quantitative estimate of drug-likeness (QED) is 0.392. The van der Waals surface area contributed by atoms with E-state index in [-0.39, 0.29) is 26.9 Å². The molecule has 34 heavy (non-hydrogen) atoms. The molecular formula is C23H19Cl2N3O5S. The zero-order valence-corrected chi connectivity index (χ0v) is 20.6. The largest absolute Gasteiger partial charge is 0.477 e. The molecule has 0 saturated carbocycles. The molecule has 2 N–H and O–H groups in total. The van der Waals surface area contributed by atoms with Gasteiger partial charge in [0.05, 0.1) is 25.9 Å². The van der Waals surface area contributed by atoms with Crippen molar-refractivity contribution in [1.29, 1.82) is 0 Å². The van der Waals surface area contributed by atoms with Gasteiger partial charge in [-0.2, -0.15) is 0 Å². The van der Waals surface area contributed by atoms with E-state index < -0.39 is 26.2 Å². The summed E-state index contributed by atoms with van der Waals surface area (Å²) < 4.78 is 27.0. The van der Waals surface area contributed by atoms with E-state index in [0.717, 1.165) is 4.57 Å². The van der Waals surface area contributed by atoms with Gasteiger partial charge in [-0.05, 0) is 62.2 Å². The second-order valence-electron chi connectivity index (χ2n) is 8.20. The lowest BCUT2D eigenvalue weighted by molar-refractivity contribution is 0.0690. The standard InChI is InChI=1S/C23H19Cl2N3O5S/c1-12-10-17(21(29)30)26-20-19(12)27-22(31)28(20)18-11-13(8-9-16(18)25)34(32,33)23(2,3)14-6-4-5-7-15(14)24/h4-11H,1-3H3,(H,27,31)(H,29,30). The van der Waals surface area contributed by atoms with Crippen LogP contribution < -0.4 is 5.69 Å². The Morgan fingerprint density at radius 3 is 2.41 bits per heavy atom. The molecule has 0 fully saturated rings. The molecule has 0 aliphatic carbocycles.